The van der Waals surface area contributed by atoms with Gasteiger partial charge in [0.05, 0.1) is 24.4 Å². The Morgan fingerprint density at radius 1 is 1.48 bits per heavy atom. The van der Waals surface area contributed by atoms with E-state index in [2.05, 4.69) is 10.3 Å². The van der Waals surface area contributed by atoms with Crippen LogP contribution in [0.3, 0.4) is 0 Å². The number of rotatable bonds is 4. The average molecular weight is 332 g/mol. The summed E-state index contributed by atoms with van der Waals surface area (Å²) >= 11 is 1.43. The summed E-state index contributed by atoms with van der Waals surface area (Å²) in [7, 11) is 1.64. The Kier molecular flexibility index (Phi) is 4.52. The summed E-state index contributed by atoms with van der Waals surface area (Å²) in [6, 6.07) is 5.91. The van der Waals surface area contributed by atoms with Crippen molar-refractivity contribution in [2.45, 2.75) is 20.3 Å². The molecule has 0 saturated carbocycles. The molecular weight excluding hydrogens is 312 g/mol. The second-order valence-corrected chi connectivity index (χ2v) is 6.89. The van der Waals surface area contributed by atoms with Gasteiger partial charge >= 0.3 is 0 Å². The molecule has 5 nitrogen and oxygen atoms in total. The van der Waals surface area contributed by atoms with Crippen LogP contribution >= 0.6 is 11.3 Å². The largest absolute Gasteiger partial charge is 0.493 e. The summed E-state index contributed by atoms with van der Waals surface area (Å²) in [5.41, 5.74) is 1.92. The van der Waals surface area contributed by atoms with Crippen molar-refractivity contribution in [2.75, 3.05) is 20.3 Å². The molecule has 2 heterocycles. The highest BCUT2D eigenvalue weighted by atomic mass is 32.1. The molecule has 0 spiro atoms. The van der Waals surface area contributed by atoms with Gasteiger partial charge in [-0.2, -0.15) is 0 Å². The van der Waals surface area contributed by atoms with Crippen molar-refractivity contribution in [3.05, 3.63) is 39.3 Å². The predicted molar refractivity (Wildman–Crippen MR) is 89.6 cm³/mol. The van der Waals surface area contributed by atoms with Crippen LogP contribution in [-0.4, -0.2) is 31.2 Å². The number of thiazole rings is 1. The topological polar surface area (TPSA) is 60.5 Å². The van der Waals surface area contributed by atoms with Gasteiger partial charge in [-0.25, -0.2) is 4.98 Å². The molecule has 1 aliphatic heterocycles. The standard InChI is InChI=1S/C17H20N2O3S/c1-10-16(23-11(2)19-10)17(20)18-8-12-7-13-5-4-6-14(21-3)15(13)22-9-12/h4-6,12H,7-9H2,1-3H3,(H,18,20). The summed E-state index contributed by atoms with van der Waals surface area (Å²) < 4.78 is 11.2. The third-order valence-corrected chi connectivity index (χ3v) is 4.99. The molecule has 1 aromatic heterocycles. The lowest BCUT2D eigenvalue weighted by atomic mass is 9.96. The van der Waals surface area contributed by atoms with Gasteiger partial charge in [0.1, 0.15) is 4.88 Å². The molecule has 0 saturated heterocycles. The van der Waals surface area contributed by atoms with Crippen LogP contribution in [0.2, 0.25) is 0 Å². The van der Waals surface area contributed by atoms with Crippen molar-refractivity contribution < 1.29 is 14.3 Å². The molecule has 122 valence electrons. The first-order chi connectivity index (χ1) is 11.1. The van der Waals surface area contributed by atoms with E-state index < -0.39 is 0 Å². The maximum atomic E-state index is 12.3. The molecule has 1 aliphatic rings. The number of ether oxygens (including phenoxy) is 2. The van der Waals surface area contributed by atoms with Crippen LogP contribution < -0.4 is 14.8 Å². The van der Waals surface area contributed by atoms with Gasteiger partial charge in [-0.15, -0.1) is 11.3 Å². The molecule has 3 rings (SSSR count). The molecule has 1 N–H and O–H groups in total. The molecule has 0 fully saturated rings. The number of fused-ring (bicyclic) bond motifs is 1. The third-order valence-electron chi connectivity index (χ3n) is 3.91. The lowest BCUT2D eigenvalue weighted by Crippen LogP contribution is -2.34. The first-order valence-corrected chi connectivity index (χ1v) is 8.41. The molecule has 0 radical (unpaired) electrons. The SMILES string of the molecule is COc1cccc2c1OCC(CNC(=O)c1sc(C)nc1C)C2. The Labute approximate surface area is 139 Å². The summed E-state index contributed by atoms with van der Waals surface area (Å²) in [5.74, 6) is 1.80. The number of methoxy groups -OCH3 is 1. The van der Waals surface area contributed by atoms with E-state index in [9.17, 15) is 4.79 Å². The van der Waals surface area contributed by atoms with Crippen LogP contribution in [-0.2, 0) is 6.42 Å². The smallest absolute Gasteiger partial charge is 0.263 e. The van der Waals surface area contributed by atoms with Crippen molar-refractivity contribution >= 4 is 17.2 Å². The van der Waals surface area contributed by atoms with Crippen LogP contribution in [0.15, 0.2) is 18.2 Å². The molecule has 0 bridgehead atoms. The lowest BCUT2D eigenvalue weighted by Gasteiger charge is -2.26. The van der Waals surface area contributed by atoms with Gasteiger partial charge in [-0.3, -0.25) is 4.79 Å². The van der Waals surface area contributed by atoms with E-state index in [1.165, 1.54) is 11.3 Å². The molecule has 1 aromatic carbocycles. The van der Waals surface area contributed by atoms with E-state index in [1.807, 2.05) is 32.0 Å². The monoisotopic (exact) mass is 332 g/mol. The van der Waals surface area contributed by atoms with Gasteiger partial charge in [0.25, 0.3) is 5.91 Å². The van der Waals surface area contributed by atoms with Crippen molar-refractivity contribution in [2.24, 2.45) is 5.92 Å². The minimum Gasteiger partial charge on any atom is -0.493 e. The second-order valence-electron chi connectivity index (χ2n) is 5.69. The number of nitrogens with zero attached hydrogens (tertiary/aromatic N) is 1. The summed E-state index contributed by atoms with van der Waals surface area (Å²) in [6.07, 6.45) is 0.869. The minimum atomic E-state index is -0.0514. The minimum absolute atomic E-state index is 0.0514. The maximum Gasteiger partial charge on any atom is 0.263 e. The number of nitrogens with one attached hydrogen (secondary N) is 1. The van der Waals surface area contributed by atoms with E-state index in [-0.39, 0.29) is 11.8 Å². The summed E-state index contributed by atoms with van der Waals surface area (Å²) in [5, 5.41) is 3.91. The van der Waals surface area contributed by atoms with Crippen molar-refractivity contribution in [1.82, 2.24) is 10.3 Å². The number of carbonyl (C=O) groups is 1. The van der Waals surface area contributed by atoms with Gasteiger partial charge in [-0.1, -0.05) is 12.1 Å². The van der Waals surface area contributed by atoms with E-state index in [0.29, 0.717) is 18.0 Å². The normalized spacial score (nSPS) is 16.4. The number of para-hydroxylation sites is 1. The number of carbonyl (C=O) groups excluding carboxylic acids is 1. The molecular formula is C17H20N2O3S. The lowest BCUT2D eigenvalue weighted by molar-refractivity contribution is 0.0941. The Morgan fingerprint density at radius 2 is 2.30 bits per heavy atom. The third kappa shape index (κ3) is 3.32. The summed E-state index contributed by atoms with van der Waals surface area (Å²) in [6.45, 7) is 4.94. The number of benzene rings is 1. The molecule has 2 aromatic rings. The fourth-order valence-corrected chi connectivity index (χ4v) is 3.64. The molecule has 1 atom stereocenters. The van der Waals surface area contributed by atoms with Crippen molar-refractivity contribution in [1.29, 1.82) is 0 Å². The fraction of sp³-hybridized carbons (Fsp3) is 0.412. The van der Waals surface area contributed by atoms with Crippen LogP contribution in [0, 0.1) is 19.8 Å². The van der Waals surface area contributed by atoms with E-state index in [4.69, 9.17) is 9.47 Å². The van der Waals surface area contributed by atoms with Gasteiger partial charge in [0, 0.05) is 12.5 Å². The summed E-state index contributed by atoms with van der Waals surface area (Å²) in [4.78, 5) is 17.3. The number of aromatic nitrogens is 1. The molecule has 6 heteroatoms. The maximum absolute atomic E-state index is 12.3. The quantitative estimate of drug-likeness (QED) is 0.935. The number of amides is 1. The zero-order valence-electron chi connectivity index (χ0n) is 13.5. The Balaban J connectivity index is 1.62. The first kappa shape index (κ1) is 15.8. The first-order valence-electron chi connectivity index (χ1n) is 7.59. The highest BCUT2D eigenvalue weighted by Crippen LogP contribution is 2.35. The highest BCUT2D eigenvalue weighted by molar-refractivity contribution is 7.13. The Bertz CT molecular complexity index is 727. The predicted octanol–water partition coefficient (Wildman–Crippen LogP) is 2.75. The Morgan fingerprint density at radius 3 is 3.00 bits per heavy atom. The van der Waals surface area contributed by atoms with Crippen LogP contribution in [0.1, 0.15) is 25.9 Å². The average Bonchev–Trinajstić information content (AvgIpc) is 2.90. The molecule has 1 amide bonds. The van der Waals surface area contributed by atoms with Gasteiger partial charge in [-0.05, 0) is 31.9 Å². The number of aryl methyl sites for hydroxylation is 2. The molecule has 1 unspecified atom stereocenters. The van der Waals surface area contributed by atoms with Crippen molar-refractivity contribution in [3.63, 3.8) is 0 Å². The molecule has 23 heavy (non-hydrogen) atoms. The second kappa shape index (κ2) is 6.58. The van der Waals surface area contributed by atoms with Crippen molar-refractivity contribution in [3.8, 4) is 11.5 Å². The highest BCUT2D eigenvalue weighted by Gasteiger charge is 2.23. The molecule has 0 aliphatic carbocycles. The van der Waals surface area contributed by atoms with Crippen LogP contribution in [0.25, 0.3) is 0 Å². The fourth-order valence-electron chi connectivity index (χ4n) is 2.81. The van der Waals surface area contributed by atoms with Gasteiger partial charge in [0.2, 0.25) is 0 Å². The number of hydrogen-bond donors (Lipinski definition) is 1. The van der Waals surface area contributed by atoms with E-state index in [0.717, 1.165) is 34.2 Å². The van der Waals surface area contributed by atoms with Crippen LogP contribution in [0.4, 0.5) is 0 Å². The van der Waals surface area contributed by atoms with E-state index >= 15 is 0 Å². The van der Waals surface area contributed by atoms with Crippen LogP contribution in [0.5, 0.6) is 11.5 Å². The zero-order chi connectivity index (χ0) is 16.4. The van der Waals surface area contributed by atoms with Gasteiger partial charge in [0.15, 0.2) is 11.5 Å². The zero-order valence-corrected chi connectivity index (χ0v) is 14.3. The number of hydrogen-bond acceptors (Lipinski definition) is 5. The Hall–Kier alpha value is -2.08. The van der Waals surface area contributed by atoms with Gasteiger partial charge < -0.3 is 14.8 Å². The van der Waals surface area contributed by atoms with E-state index in [1.54, 1.807) is 7.11 Å².